The van der Waals surface area contributed by atoms with Gasteiger partial charge in [0.1, 0.15) is 6.04 Å². The average molecular weight is 316 g/mol. The smallest absolute Gasteiger partial charge is 0.374 e. The highest BCUT2D eigenvalue weighted by Crippen LogP contribution is 2.37. The number of carboxylic acid groups (broad SMARTS) is 1. The molecule has 0 aliphatic rings. The summed E-state index contributed by atoms with van der Waals surface area (Å²) in [6, 6.07) is -1.15. The second-order valence-electron chi connectivity index (χ2n) is 6.49. The molecule has 0 heterocycles. The van der Waals surface area contributed by atoms with Crippen LogP contribution in [0.1, 0.15) is 20.8 Å². The number of carbonyl (C=O) groups is 1. The third-order valence-corrected chi connectivity index (χ3v) is 8.14. The average Bonchev–Trinajstić information content (AvgIpc) is 2.29. The van der Waals surface area contributed by atoms with Crippen molar-refractivity contribution in [3.8, 4) is 0 Å². The Bertz CT molecular complexity index is 408. The first-order valence-electron chi connectivity index (χ1n) is 6.78. The van der Waals surface area contributed by atoms with Crippen LogP contribution in [0.5, 0.6) is 0 Å². The number of aliphatic carboxylic acids is 1. The fourth-order valence-electron chi connectivity index (χ4n) is 1.48. The zero-order chi connectivity index (χ0) is 16.8. The van der Waals surface area contributed by atoms with Crippen molar-refractivity contribution >= 4 is 21.3 Å². The van der Waals surface area contributed by atoms with Gasteiger partial charge < -0.3 is 19.8 Å². The summed E-state index contributed by atoms with van der Waals surface area (Å²) in [7, 11) is -3.26. The molecule has 21 heavy (non-hydrogen) atoms. The molecule has 10 heteroatoms. The predicted octanol–water partition coefficient (Wildman–Crippen LogP) is 1.84. The lowest BCUT2D eigenvalue weighted by Crippen LogP contribution is -2.57. The van der Waals surface area contributed by atoms with E-state index in [9.17, 15) is 14.9 Å². The summed E-state index contributed by atoms with van der Waals surface area (Å²) in [5.74, 6) is -1.16. The summed E-state index contributed by atoms with van der Waals surface area (Å²) in [6.45, 7) is 11.4. The Morgan fingerprint density at radius 3 is 2.38 bits per heavy atom. The minimum atomic E-state index is -2.25. The number of rotatable bonds is 8. The van der Waals surface area contributed by atoms with Gasteiger partial charge in [-0.25, -0.2) is 0 Å². The molecule has 0 bridgehead atoms. The van der Waals surface area contributed by atoms with E-state index < -0.39 is 33.5 Å². The number of hydrogen-bond acceptors (Lipinski definition) is 5. The monoisotopic (exact) mass is 316 g/mol. The van der Waals surface area contributed by atoms with E-state index in [1.165, 1.54) is 6.82 Å². The highest BCUT2D eigenvalue weighted by molar-refractivity contribution is 6.74. The van der Waals surface area contributed by atoms with Crippen LogP contribution >= 0.6 is 0 Å². The van der Waals surface area contributed by atoms with E-state index in [2.05, 4.69) is 15.3 Å². The van der Waals surface area contributed by atoms with Gasteiger partial charge in [-0.15, -0.1) is 0 Å². The summed E-state index contributed by atoms with van der Waals surface area (Å²) in [6.07, 6.45) is -0.839. The van der Waals surface area contributed by atoms with Crippen LogP contribution in [0.3, 0.4) is 0 Å². The Kier molecular flexibility index (Phi) is 7.42. The molecule has 0 saturated carbocycles. The predicted molar refractivity (Wildman–Crippen MR) is 84.5 cm³/mol. The quantitative estimate of drug-likeness (QED) is 0.272. The minimum Gasteiger partial charge on any atom is -0.480 e. The molecule has 0 spiro atoms. The molecule has 0 rings (SSSR count). The Morgan fingerprint density at radius 1 is 1.52 bits per heavy atom. The summed E-state index contributed by atoms with van der Waals surface area (Å²) in [5, 5.41) is 24.6. The van der Waals surface area contributed by atoms with Crippen LogP contribution in [0, 0.1) is 0 Å². The molecular formula is C11H25BN4O4Si. The SMILES string of the molecule is CB(O)N[C@H](C(=O)O)[C@H](CN=[N+]=[N-])O[Si](C)(C)C(C)(C)C. The van der Waals surface area contributed by atoms with E-state index in [1.807, 2.05) is 33.9 Å². The van der Waals surface area contributed by atoms with Gasteiger partial charge >= 0.3 is 13.0 Å². The largest absolute Gasteiger partial charge is 0.480 e. The van der Waals surface area contributed by atoms with E-state index in [4.69, 9.17) is 9.96 Å². The lowest BCUT2D eigenvalue weighted by atomic mass is 9.86. The maximum Gasteiger partial charge on any atom is 0.374 e. The summed E-state index contributed by atoms with van der Waals surface area (Å²) in [5.41, 5.74) is 8.47. The maximum absolute atomic E-state index is 11.4. The zero-order valence-electron chi connectivity index (χ0n) is 13.5. The van der Waals surface area contributed by atoms with Crippen LogP contribution in [-0.4, -0.2) is 50.2 Å². The fraction of sp³-hybridized carbons (Fsp3) is 0.909. The van der Waals surface area contributed by atoms with Crippen LogP contribution in [0.4, 0.5) is 0 Å². The highest BCUT2D eigenvalue weighted by Gasteiger charge is 2.42. The first-order valence-corrected chi connectivity index (χ1v) is 9.69. The lowest BCUT2D eigenvalue weighted by Gasteiger charge is -2.40. The van der Waals surface area contributed by atoms with Crippen LogP contribution in [0.25, 0.3) is 10.4 Å². The molecule has 0 saturated heterocycles. The molecule has 120 valence electrons. The van der Waals surface area contributed by atoms with Gasteiger partial charge in [0, 0.05) is 4.91 Å². The third kappa shape index (κ3) is 6.49. The molecular weight excluding hydrogens is 291 g/mol. The van der Waals surface area contributed by atoms with Crippen molar-refractivity contribution in [2.24, 2.45) is 5.11 Å². The van der Waals surface area contributed by atoms with Gasteiger partial charge in [0.25, 0.3) is 0 Å². The van der Waals surface area contributed by atoms with Crippen molar-refractivity contribution in [2.45, 2.75) is 57.9 Å². The Balaban J connectivity index is 5.34. The van der Waals surface area contributed by atoms with Gasteiger partial charge in [-0.3, -0.25) is 4.79 Å². The molecule has 0 aromatic carbocycles. The van der Waals surface area contributed by atoms with Crippen molar-refractivity contribution in [1.29, 1.82) is 0 Å². The second-order valence-corrected chi connectivity index (χ2v) is 11.2. The van der Waals surface area contributed by atoms with Crippen LogP contribution in [-0.2, 0) is 9.22 Å². The van der Waals surface area contributed by atoms with Crippen molar-refractivity contribution < 1.29 is 19.4 Å². The van der Waals surface area contributed by atoms with Crippen LogP contribution in [0.2, 0.25) is 25.0 Å². The van der Waals surface area contributed by atoms with E-state index >= 15 is 0 Å². The zero-order valence-corrected chi connectivity index (χ0v) is 14.5. The number of azide groups is 1. The summed E-state index contributed by atoms with van der Waals surface area (Å²) >= 11 is 0. The molecule has 0 aliphatic heterocycles. The first kappa shape index (κ1) is 19.9. The number of nitrogens with zero attached hydrogens (tertiary/aromatic N) is 3. The van der Waals surface area contributed by atoms with Crippen molar-refractivity contribution in [1.82, 2.24) is 5.23 Å². The third-order valence-electron chi connectivity index (χ3n) is 3.64. The van der Waals surface area contributed by atoms with Crippen molar-refractivity contribution in [3.05, 3.63) is 10.4 Å². The van der Waals surface area contributed by atoms with E-state index in [0.29, 0.717) is 0 Å². The lowest BCUT2D eigenvalue weighted by molar-refractivity contribution is -0.141. The van der Waals surface area contributed by atoms with Gasteiger partial charge in [-0.05, 0) is 30.5 Å². The number of nitrogens with one attached hydrogen (secondary N) is 1. The Morgan fingerprint density at radius 2 is 2.05 bits per heavy atom. The normalized spacial score (nSPS) is 15.0. The van der Waals surface area contributed by atoms with Gasteiger partial charge in [-0.2, -0.15) is 0 Å². The molecule has 0 aromatic heterocycles. The van der Waals surface area contributed by atoms with E-state index in [1.54, 1.807) is 0 Å². The number of hydrogen-bond donors (Lipinski definition) is 3. The molecule has 0 amide bonds. The van der Waals surface area contributed by atoms with Crippen molar-refractivity contribution in [2.75, 3.05) is 6.54 Å². The maximum atomic E-state index is 11.4. The summed E-state index contributed by atoms with van der Waals surface area (Å²) in [4.78, 5) is 14.1. The van der Waals surface area contributed by atoms with Gasteiger partial charge in [0.05, 0.1) is 12.6 Å². The van der Waals surface area contributed by atoms with Gasteiger partial charge in [0.15, 0.2) is 8.32 Å². The Hall–Kier alpha value is -1.06. The Labute approximate surface area is 126 Å². The molecule has 3 N–H and O–H groups in total. The molecule has 8 nitrogen and oxygen atoms in total. The topological polar surface area (TPSA) is 128 Å². The molecule has 0 radical (unpaired) electrons. The van der Waals surface area contributed by atoms with E-state index in [-0.39, 0.29) is 11.6 Å². The molecule has 0 fully saturated rings. The minimum absolute atomic E-state index is 0.111. The van der Waals surface area contributed by atoms with E-state index in [0.717, 1.165) is 0 Å². The number of carboxylic acids is 1. The first-order chi connectivity index (χ1) is 9.42. The summed E-state index contributed by atoms with van der Waals surface area (Å²) < 4.78 is 6.05. The van der Waals surface area contributed by atoms with Crippen LogP contribution < -0.4 is 5.23 Å². The standard InChI is InChI=1S/C11H25BN4O4Si/c1-11(2,3)21(5,6)20-8(7-14-16-13)9(10(17)18)15-12(4)19/h8-9,15,19H,7H2,1-6H3,(H,17,18)/t8-,9-/m0/s1. The molecule has 2 atom stereocenters. The molecule has 0 unspecified atom stereocenters. The van der Waals surface area contributed by atoms with Gasteiger partial charge in [0.2, 0.25) is 0 Å². The van der Waals surface area contributed by atoms with Gasteiger partial charge in [-0.1, -0.05) is 25.9 Å². The highest BCUT2D eigenvalue weighted by atomic mass is 28.4. The fourth-order valence-corrected chi connectivity index (χ4v) is 2.80. The molecule has 0 aliphatic carbocycles. The second kappa shape index (κ2) is 7.81. The molecule has 0 aromatic rings. The van der Waals surface area contributed by atoms with Crippen molar-refractivity contribution in [3.63, 3.8) is 0 Å². The van der Waals surface area contributed by atoms with Crippen LogP contribution in [0.15, 0.2) is 5.11 Å².